The molecule has 0 saturated carbocycles. The molecule has 4 aliphatic rings. The van der Waals surface area contributed by atoms with E-state index in [0.717, 1.165) is 44.1 Å². The van der Waals surface area contributed by atoms with Crippen LogP contribution in [0.2, 0.25) is 0 Å². The lowest BCUT2D eigenvalue weighted by atomic mass is 9.86. The molecule has 0 spiro atoms. The van der Waals surface area contributed by atoms with Gasteiger partial charge < -0.3 is 38.3 Å². The number of cyclic esters (lactones) is 2. The number of pyridine rings is 4. The fraction of sp³-hybridized carbons (Fsp3) is 0.333. The molecule has 10 rings (SSSR count). The van der Waals surface area contributed by atoms with Crippen molar-refractivity contribution in [2.75, 3.05) is 13.2 Å². The third kappa shape index (κ3) is 5.69. The Kier molecular flexibility index (Phi) is 9.23. The fourth-order valence-electron chi connectivity index (χ4n) is 9.69. The summed E-state index contributed by atoms with van der Waals surface area (Å²) < 4.78 is 26.0. The van der Waals surface area contributed by atoms with Crippen LogP contribution in [0, 0.1) is 0 Å². The van der Waals surface area contributed by atoms with Gasteiger partial charge in [-0.3, -0.25) is 9.59 Å². The third-order valence-corrected chi connectivity index (χ3v) is 13.1. The van der Waals surface area contributed by atoms with Crippen LogP contribution in [-0.4, -0.2) is 54.5 Å². The molecule has 8 heterocycles. The number of hydrogen-bond acceptors (Lipinski definition) is 12. The number of aryl methyl sites for hydroxylation is 2. The first-order chi connectivity index (χ1) is 29.9. The van der Waals surface area contributed by atoms with E-state index in [2.05, 4.69) is 13.8 Å². The zero-order chi connectivity index (χ0) is 43.2. The van der Waals surface area contributed by atoms with Crippen molar-refractivity contribution in [3.8, 4) is 34.3 Å². The Bertz CT molecular complexity index is 2910. The van der Waals surface area contributed by atoms with Crippen LogP contribution >= 0.6 is 0 Å². The predicted molar refractivity (Wildman–Crippen MR) is 228 cm³/mol. The lowest BCUT2D eigenvalue weighted by Crippen LogP contribution is -2.44. The number of aliphatic hydroxyl groups is 2. The summed E-state index contributed by atoms with van der Waals surface area (Å²) in [6.45, 7) is 8.41. The molecule has 14 nitrogen and oxygen atoms in total. The van der Waals surface area contributed by atoms with E-state index in [9.17, 15) is 29.4 Å². The minimum absolute atomic E-state index is 0.0794. The number of aromatic nitrogens is 4. The highest BCUT2D eigenvalue weighted by Crippen LogP contribution is 2.43. The summed E-state index contributed by atoms with van der Waals surface area (Å²) in [7, 11) is 0. The summed E-state index contributed by atoms with van der Waals surface area (Å²) in [5.41, 5.74) is 4.77. The number of benzene rings is 2. The zero-order valence-electron chi connectivity index (χ0n) is 34.8. The predicted octanol–water partition coefficient (Wildman–Crippen LogP) is 5.61. The second-order valence-corrected chi connectivity index (χ2v) is 16.2. The normalized spacial score (nSPS) is 19.5. The van der Waals surface area contributed by atoms with Crippen molar-refractivity contribution in [2.45, 2.75) is 90.9 Å². The average molecular weight is 837 g/mol. The number of ether oxygens (including phenoxy) is 4. The van der Waals surface area contributed by atoms with Gasteiger partial charge in [0.15, 0.2) is 11.2 Å². The van der Waals surface area contributed by atoms with E-state index in [1.165, 1.54) is 0 Å². The van der Waals surface area contributed by atoms with Gasteiger partial charge >= 0.3 is 11.9 Å². The molecular weight excluding hydrogens is 793 g/mol. The SMILES string of the molecule is CCc1c2c(nc3ccc(OCC=CCOc4ccc5nc6c(c(CC)c5c4)Cn4c-6cc5c(c4=O)COC(=O)C5(O)CC)cc13)-c1cc3c(c(=O)n1C2)COC(=O)C3(O)CC. The molecule has 0 aliphatic carbocycles. The quantitative estimate of drug-likeness (QED) is 0.129. The molecule has 4 aliphatic heterocycles. The van der Waals surface area contributed by atoms with Gasteiger partial charge in [0, 0.05) is 33.0 Å². The Morgan fingerprint density at radius 2 is 1.05 bits per heavy atom. The third-order valence-electron chi connectivity index (χ3n) is 13.1. The summed E-state index contributed by atoms with van der Waals surface area (Å²) in [5, 5.41) is 24.3. The van der Waals surface area contributed by atoms with Crippen LogP contribution in [0.15, 0.2) is 70.3 Å². The van der Waals surface area contributed by atoms with E-state index in [1.54, 1.807) is 35.1 Å². The summed E-state index contributed by atoms with van der Waals surface area (Å²) in [4.78, 5) is 62.5. The van der Waals surface area contributed by atoms with Crippen LogP contribution in [-0.2, 0) is 69.4 Å². The number of esters is 2. The zero-order valence-corrected chi connectivity index (χ0v) is 34.8. The van der Waals surface area contributed by atoms with Crippen molar-refractivity contribution in [1.82, 2.24) is 19.1 Å². The molecule has 2 atom stereocenters. The second-order valence-electron chi connectivity index (χ2n) is 16.2. The molecule has 14 heteroatoms. The first-order valence-electron chi connectivity index (χ1n) is 21.1. The maximum atomic E-state index is 13.7. The summed E-state index contributed by atoms with van der Waals surface area (Å²) in [5.74, 6) is -0.164. The van der Waals surface area contributed by atoms with Gasteiger partial charge in [0.1, 0.15) is 37.9 Å². The molecule has 0 radical (unpaired) electrons. The summed E-state index contributed by atoms with van der Waals surface area (Å²) in [6, 6.07) is 14.9. The van der Waals surface area contributed by atoms with Gasteiger partial charge in [-0.15, -0.1) is 0 Å². The Labute approximate surface area is 355 Å². The molecule has 2 N–H and O–H groups in total. The van der Waals surface area contributed by atoms with E-state index >= 15 is 0 Å². The lowest BCUT2D eigenvalue weighted by molar-refractivity contribution is -0.172. The minimum Gasteiger partial charge on any atom is -0.490 e. The molecule has 62 heavy (non-hydrogen) atoms. The molecular formula is C48H44N4O10. The number of carbonyl (C=O) groups excluding carboxylic acids is 2. The van der Waals surface area contributed by atoms with Crippen molar-refractivity contribution in [3.63, 3.8) is 0 Å². The standard InChI is InChI=1S/C48H44N4O10/c1-5-27-29-17-25(11-13-37(29)49-41-31(27)21-51-39(41)19-35-33(43(51)53)23-61-45(55)47(35,57)7-3)59-15-9-10-16-60-26-12-14-38-30(18-26)28(6-2)32-22-52-40(42(32)50-38)20-36-34(44(52)54)24-62-46(56)48(36,58)8-4/h9-14,17-20,57-58H,5-8,15-16,21-24H2,1-4H3. The molecule has 6 aromatic rings. The first-order valence-corrected chi connectivity index (χ1v) is 21.1. The van der Waals surface area contributed by atoms with E-state index in [0.29, 0.717) is 95.7 Å². The molecule has 316 valence electrons. The largest absolute Gasteiger partial charge is 0.490 e. The lowest BCUT2D eigenvalue weighted by Gasteiger charge is -2.31. The van der Waals surface area contributed by atoms with Gasteiger partial charge in [0.05, 0.1) is 58.0 Å². The van der Waals surface area contributed by atoms with Crippen molar-refractivity contribution in [1.29, 1.82) is 0 Å². The highest BCUT2D eigenvalue weighted by atomic mass is 16.6. The number of rotatable bonds is 10. The van der Waals surface area contributed by atoms with Gasteiger partial charge in [-0.25, -0.2) is 19.6 Å². The number of nitrogens with zero attached hydrogens (tertiary/aromatic N) is 4. The van der Waals surface area contributed by atoms with Crippen LogP contribution in [0.4, 0.5) is 0 Å². The Morgan fingerprint density at radius 1 is 0.629 bits per heavy atom. The fourth-order valence-corrected chi connectivity index (χ4v) is 9.69. The topological polar surface area (TPSA) is 181 Å². The Hall–Kier alpha value is -6.64. The molecule has 0 amide bonds. The first kappa shape index (κ1) is 39.5. The van der Waals surface area contributed by atoms with Gasteiger partial charge in [0.25, 0.3) is 11.1 Å². The van der Waals surface area contributed by atoms with Gasteiger partial charge in [0.2, 0.25) is 0 Å². The maximum Gasteiger partial charge on any atom is 0.343 e. The van der Waals surface area contributed by atoms with E-state index in [-0.39, 0.29) is 37.2 Å². The smallest absolute Gasteiger partial charge is 0.343 e. The molecule has 0 bridgehead atoms. The highest BCUT2D eigenvalue weighted by molar-refractivity contribution is 5.91. The minimum atomic E-state index is -1.89. The number of carbonyl (C=O) groups is 2. The average Bonchev–Trinajstić information content (AvgIpc) is 3.84. The van der Waals surface area contributed by atoms with Crippen molar-refractivity contribution < 1.29 is 38.7 Å². The Balaban J connectivity index is 0.844. The van der Waals surface area contributed by atoms with Gasteiger partial charge in [-0.1, -0.05) is 27.7 Å². The van der Waals surface area contributed by atoms with Crippen molar-refractivity contribution in [3.05, 3.63) is 126 Å². The van der Waals surface area contributed by atoms with E-state index < -0.39 is 23.1 Å². The number of fused-ring (bicyclic) bond motifs is 10. The Morgan fingerprint density at radius 3 is 1.44 bits per heavy atom. The van der Waals surface area contributed by atoms with Crippen molar-refractivity contribution in [2.24, 2.45) is 0 Å². The van der Waals surface area contributed by atoms with Crippen LogP contribution in [0.3, 0.4) is 0 Å². The highest BCUT2D eigenvalue weighted by Gasteiger charge is 2.47. The van der Waals surface area contributed by atoms with Crippen LogP contribution in [0.5, 0.6) is 11.5 Å². The van der Waals surface area contributed by atoms with E-state index in [1.807, 2.05) is 48.6 Å². The summed E-state index contributed by atoms with van der Waals surface area (Å²) in [6.07, 6.45) is 5.32. The molecule has 2 unspecified atom stereocenters. The van der Waals surface area contributed by atoms with Crippen LogP contribution in [0.1, 0.15) is 85.0 Å². The van der Waals surface area contributed by atoms with Gasteiger partial charge in [-0.2, -0.15) is 0 Å². The molecule has 4 aromatic heterocycles. The summed E-state index contributed by atoms with van der Waals surface area (Å²) >= 11 is 0. The molecule has 2 aromatic carbocycles. The molecule has 0 fully saturated rings. The number of hydrogen-bond donors (Lipinski definition) is 2. The van der Waals surface area contributed by atoms with E-state index in [4.69, 9.17) is 28.9 Å². The monoisotopic (exact) mass is 836 g/mol. The van der Waals surface area contributed by atoms with Crippen LogP contribution < -0.4 is 20.6 Å². The molecule has 0 saturated heterocycles. The van der Waals surface area contributed by atoms with Crippen molar-refractivity contribution >= 4 is 33.7 Å². The second kappa shape index (κ2) is 14.5. The van der Waals surface area contributed by atoms with Crippen LogP contribution in [0.25, 0.3) is 44.6 Å². The maximum absolute atomic E-state index is 13.7. The van der Waals surface area contributed by atoms with Gasteiger partial charge in [-0.05, 0) is 97.5 Å².